The summed E-state index contributed by atoms with van der Waals surface area (Å²) in [5, 5.41) is 6.30. The largest absolute Gasteiger partial charge is 0.486 e. The fourth-order valence-corrected chi connectivity index (χ4v) is 2.35. The van der Waals surface area contributed by atoms with Gasteiger partial charge in [-0.05, 0) is 36.8 Å². The number of carbonyl (C=O) groups is 1. The average molecular weight is 516 g/mol. The quantitative estimate of drug-likeness (QED) is 0.270. The molecule has 0 spiro atoms. The van der Waals surface area contributed by atoms with Crippen molar-refractivity contribution in [1.82, 2.24) is 10.6 Å². The lowest BCUT2D eigenvalue weighted by Gasteiger charge is -2.18. The number of aliphatic imine (C=N–C) groups is 1. The molecule has 158 valence electrons. The summed E-state index contributed by atoms with van der Waals surface area (Å²) in [5.41, 5.74) is 6.02. The topological polar surface area (TPSA) is 98.0 Å². The number of halogens is 2. The van der Waals surface area contributed by atoms with Gasteiger partial charge in [-0.15, -0.1) is 24.0 Å². The molecule has 4 N–H and O–H groups in total. The third-order valence-corrected chi connectivity index (χ3v) is 3.68. The van der Waals surface area contributed by atoms with Gasteiger partial charge in [0.1, 0.15) is 11.9 Å². The molecule has 0 bridgehead atoms. The number of rotatable bonds is 9. The fraction of sp³-hybridized carbons (Fsp3) is 0.300. The highest BCUT2D eigenvalue weighted by atomic mass is 127. The second kappa shape index (κ2) is 12.8. The summed E-state index contributed by atoms with van der Waals surface area (Å²) in [6.07, 6.45) is -0.263. The molecule has 0 aliphatic carbocycles. The van der Waals surface area contributed by atoms with Gasteiger partial charge in [0.05, 0.1) is 6.54 Å². The molecular formula is C20H26FIN4O3. The van der Waals surface area contributed by atoms with Gasteiger partial charge in [0.25, 0.3) is 5.91 Å². The molecule has 0 radical (unpaired) electrons. The van der Waals surface area contributed by atoms with E-state index in [1.807, 2.05) is 25.1 Å². The molecule has 1 unspecified atom stereocenters. The lowest BCUT2D eigenvalue weighted by Crippen LogP contribution is -2.41. The van der Waals surface area contributed by atoms with Gasteiger partial charge in [-0.2, -0.15) is 0 Å². The smallest absolute Gasteiger partial charge is 0.255 e. The van der Waals surface area contributed by atoms with E-state index in [-0.39, 0.29) is 42.4 Å². The van der Waals surface area contributed by atoms with E-state index in [1.165, 1.54) is 6.07 Å². The molecule has 2 rings (SSSR count). The number of nitrogens with zero attached hydrogens (tertiary/aromatic N) is 1. The molecule has 0 fully saturated rings. The SMILES string of the molecule is CN=C(NCc1cccc(OCC(N)=O)c1)NCC(C)Oc1ccccc1F.I. The van der Waals surface area contributed by atoms with Gasteiger partial charge in [-0.3, -0.25) is 9.79 Å². The maximum absolute atomic E-state index is 13.6. The number of benzene rings is 2. The van der Waals surface area contributed by atoms with Crippen LogP contribution in [0.3, 0.4) is 0 Å². The van der Waals surface area contributed by atoms with Gasteiger partial charge < -0.3 is 25.8 Å². The maximum Gasteiger partial charge on any atom is 0.255 e. The van der Waals surface area contributed by atoms with Crippen LogP contribution in [0.15, 0.2) is 53.5 Å². The molecule has 29 heavy (non-hydrogen) atoms. The van der Waals surface area contributed by atoms with Crippen molar-refractivity contribution >= 4 is 35.8 Å². The van der Waals surface area contributed by atoms with E-state index in [4.69, 9.17) is 15.2 Å². The molecule has 0 aliphatic rings. The molecule has 2 aromatic rings. The van der Waals surface area contributed by atoms with Crippen LogP contribution in [0.1, 0.15) is 12.5 Å². The Hall–Kier alpha value is -2.56. The summed E-state index contributed by atoms with van der Waals surface area (Å²) < 4.78 is 24.5. The summed E-state index contributed by atoms with van der Waals surface area (Å²) >= 11 is 0. The first-order chi connectivity index (χ1) is 13.5. The van der Waals surface area contributed by atoms with Crippen molar-refractivity contribution in [3.05, 3.63) is 59.9 Å². The van der Waals surface area contributed by atoms with E-state index < -0.39 is 11.7 Å². The number of amides is 1. The first-order valence-corrected chi connectivity index (χ1v) is 8.83. The van der Waals surface area contributed by atoms with Crippen LogP contribution in [0.25, 0.3) is 0 Å². The lowest BCUT2D eigenvalue weighted by atomic mass is 10.2. The predicted molar refractivity (Wildman–Crippen MR) is 121 cm³/mol. The van der Waals surface area contributed by atoms with Gasteiger partial charge in [0.15, 0.2) is 24.1 Å². The van der Waals surface area contributed by atoms with Gasteiger partial charge in [-0.1, -0.05) is 24.3 Å². The Balaban J connectivity index is 0.00000420. The molecule has 1 atom stereocenters. The Labute approximate surface area is 186 Å². The summed E-state index contributed by atoms with van der Waals surface area (Å²) in [5.74, 6) is 0.433. The number of hydrogen-bond acceptors (Lipinski definition) is 4. The minimum Gasteiger partial charge on any atom is -0.486 e. The van der Waals surface area contributed by atoms with Crippen molar-refractivity contribution in [1.29, 1.82) is 0 Å². The highest BCUT2D eigenvalue weighted by molar-refractivity contribution is 14.0. The van der Waals surface area contributed by atoms with Crippen molar-refractivity contribution < 1.29 is 18.7 Å². The van der Waals surface area contributed by atoms with Crippen LogP contribution < -0.4 is 25.8 Å². The Morgan fingerprint density at radius 1 is 1.21 bits per heavy atom. The number of guanidine groups is 1. The van der Waals surface area contributed by atoms with E-state index >= 15 is 0 Å². The lowest BCUT2D eigenvalue weighted by molar-refractivity contribution is -0.119. The molecule has 0 aromatic heterocycles. The molecule has 9 heteroatoms. The van der Waals surface area contributed by atoms with Crippen molar-refractivity contribution in [3.8, 4) is 11.5 Å². The zero-order chi connectivity index (χ0) is 20.4. The molecule has 1 amide bonds. The molecule has 2 aromatic carbocycles. The molecule has 0 saturated carbocycles. The zero-order valence-corrected chi connectivity index (χ0v) is 18.7. The fourth-order valence-electron chi connectivity index (χ4n) is 2.35. The maximum atomic E-state index is 13.6. The summed E-state index contributed by atoms with van der Waals surface area (Å²) in [6.45, 7) is 2.61. The van der Waals surface area contributed by atoms with Crippen molar-refractivity contribution in [2.45, 2.75) is 19.6 Å². The van der Waals surface area contributed by atoms with E-state index in [9.17, 15) is 9.18 Å². The highest BCUT2D eigenvalue weighted by Crippen LogP contribution is 2.16. The van der Waals surface area contributed by atoms with E-state index in [0.717, 1.165) is 5.56 Å². The Morgan fingerprint density at radius 2 is 1.97 bits per heavy atom. The van der Waals surface area contributed by atoms with Crippen molar-refractivity contribution in [2.24, 2.45) is 10.7 Å². The van der Waals surface area contributed by atoms with Crippen LogP contribution >= 0.6 is 24.0 Å². The van der Waals surface area contributed by atoms with E-state index in [1.54, 1.807) is 31.3 Å². The summed E-state index contributed by atoms with van der Waals surface area (Å²) in [7, 11) is 1.66. The van der Waals surface area contributed by atoms with Crippen LogP contribution in [0.5, 0.6) is 11.5 Å². The number of nitrogens with two attached hydrogens (primary N) is 1. The van der Waals surface area contributed by atoms with Gasteiger partial charge in [-0.25, -0.2) is 4.39 Å². The summed E-state index contributed by atoms with van der Waals surface area (Å²) in [4.78, 5) is 15.0. The van der Waals surface area contributed by atoms with Gasteiger partial charge >= 0.3 is 0 Å². The normalized spacial score (nSPS) is 11.8. The Morgan fingerprint density at radius 3 is 2.66 bits per heavy atom. The third kappa shape index (κ3) is 8.99. The second-order valence-electron chi connectivity index (χ2n) is 6.07. The number of para-hydroxylation sites is 1. The number of hydrogen-bond donors (Lipinski definition) is 3. The Bertz CT molecular complexity index is 820. The van der Waals surface area contributed by atoms with E-state index in [2.05, 4.69) is 15.6 Å². The third-order valence-electron chi connectivity index (χ3n) is 3.68. The minimum absolute atomic E-state index is 0. The number of carbonyl (C=O) groups excluding carboxylic acids is 1. The van der Waals surface area contributed by atoms with Crippen LogP contribution in [0, 0.1) is 5.82 Å². The number of nitrogens with one attached hydrogen (secondary N) is 2. The molecule has 0 saturated heterocycles. The first-order valence-electron chi connectivity index (χ1n) is 8.83. The van der Waals surface area contributed by atoms with Gasteiger partial charge in [0.2, 0.25) is 0 Å². The molecular weight excluding hydrogens is 490 g/mol. The second-order valence-corrected chi connectivity index (χ2v) is 6.07. The van der Waals surface area contributed by atoms with E-state index in [0.29, 0.717) is 24.8 Å². The highest BCUT2D eigenvalue weighted by Gasteiger charge is 2.09. The molecule has 0 heterocycles. The number of ether oxygens (including phenoxy) is 2. The Kier molecular flexibility index (Phi) is 10.8. The predicted octanol–water partition coefficient (Wildman–Crippen LogP) is 2.44. The summed E-state index contributed by atoms with van der Waals surface area (Å²) in [6, 6.07) is 13.6. The van der Waals surface area contributed by atoms with Crippen LogP contribution in [0.4, 0.5) is 4.39 Å². The van der Waals surface area contributed by atoms with Crippen molar-refractivity contribution in [2.75, 3.05) is 20.2 Å². The first kappa shape index (κ1) is 24.5. The van der Waals surface area contributed by atoms with Crippen molar-refractivity contribution in [3.63, 3.8) is 0 Å². The van der Waals surface area contributed by atoms with Crippen LogP contribution in [-0.4, -0.2) is 38.2 Å². The number of primary amides is 1. The van der Waals surface area contributed by atoms with Crippen LogP contribution in [-0.2, 0) is 11.3 Å². The zero-order valence-electron chi connectivity index (χ0n) is 16.4. The molecule has 7 nitrogen and oxygen atoms in total. The molecule has 0 aliphatic heterocycles. The monoisotopic (exact) mass is 516 g/mol. The average Bonchev–Trinajstić information content (AvgIpc) is 2.68. The van der Waals surface area contributed by atoms with Crippen LogP contribution in [0.2, 0.25) is 0 Å². The minimum atomic E-state index is -0.528. The van der Waals surface area contributed by atoms with Gasteiger partial charge in [0, 0.05) is 13.6 Å². The standard InChI is InChI=1S/C20H25FN4O3.HI/c1-14(28-18-9-4-3-8-17(18)21)11-24-20(23-2)25-12-15-6-5-7-16(10-15)27-13-19(22)26;/h3-10,14H,11-13H2,1-2H3,(H2,22,26)(H2,23,24,25);1H.